The molecule has 0 aliphatic carbocycles. The fourth-order valence-corrected chi connectivity index (χ4v) is 2.07. The number of carbonyl (C=O) groups excluding carboxylic acids is 2. The zero-order valence-corrected chi connectivity index (χ0v) is 12.7. The van der Waals surface area contributed by atoms with E-state index < -0.39 is 0 Å². The number of benzene rings is 1. The van der Waals surface area contributed by atoms with Crippen molar-refractivity contribution in [2.24, 2.45) is 0 Å². The molecule has 0 atom stereocenters. The minimum atomic E-state index is -0.309. The van der Waals surface area contributed by atoms with Crippen molar-refractivity contribution in [3.05, 3.63) is 59.9 Å². The van der Waals surface area contributed by atoms with Gasteiger partial charge in [0.15, 0.2) is 0 Å². The van der Waals surface area contributed by atoms with E-state index in [2.05, 4.69) is 10.3 Å². The third-order valence-electron chi connectivity index (χ3n) is 3.21. The average molecular weight is 308 g/mol. The largest absolute Gasteiger partial charge is 0.350 e. The Kier molecular flexibility index (Phi) is 5.42. The fourth-order valence-electron chi connectivity index (χ4n) is 2.07. The Labute approximate surface area is 134 Å². The molecule has 0 bridgehead atoms. The second kappa shape index (κ2) is 7.71. The number of aromatic nitrogens is 1. The quantitative estimate of drug-likeness (QED) is 0.909. The van der Waals surface area contributed by atoms with Gasteiger partial charge in [0.25, 0.3) is 0 Å². The van der Waals surface area contributed by atoms with Crippen LogP contribution in [-0.4, -0.2) is 23.3 Å². The first-order chi connectivity index (χ1) is 11.1. The number of rotatable bonds is 5. The van der Waals surface area contributed by atoms with Crippen LogP contribution in [0.15, 0.2) is 48.8 Å². The summed E-state index contributed by atoms with van der Waals surface area (Å²) in [6, 6.07) is 12.4. The van der Waals surface area contributed by atoms with Crippen molar-refractivity contribution in [2.45, 2.75) is 13.5 Å². The molecule has 0 saturated carbocycles. The van der Waals surface area contributed by atoms with Crippen LogP contribution in [0.2, 0.25) is 0 Å². The van der Waals surface area contributed by atoms with Crippen molar-refractivity contribution in [3.8, 4) is 6.07 Å². The molecule has 116 valence electrons. The highest BCUT2D eigenvalue weighted by atomic mass is 16.2. The summed E-state index contributed by atoms with van der Waals surface area (Å²) in [6.07, 6.45) is 3.32. The van der Waals surface area contributed by atoms with Crippen molar-refractivity contribution in [1.82, 2.24) is 10.3 Å². The number of hydrogen-bond acceptors (Lipinski definition) is 4. The Morgan fingerprint density at radius 2 is 2.04 bits per heavy atom. The molecule has 0 fully saturated rings. The number of anilines is 1. The molecule has 23 heavy (non-hydrogen) atoms. The Bertz CT molecular complexity index is 738. The Hall–Kier alpha value is -3.20. The van der Waals surface area contributed by atoms with E-state index in [0.29, 0.717) is 17.8 Å². The highest BCUT2D eigenvalue weighted by Crippen LogP contribution is 2.19. The number of nitriles is 1. The van der Waals surface area contributed by atoms with E-state index in [1.54, 1.807) is 42.7 Å². The summed E-state index contributed by atoms with van der Waals surface area (Å²) in [4.78, 5) is 29.2. The maximum Gasteiger partial charge on any atom is 0.240 e. The van der Waals surface area contributed by atoms with Gasteiger partial charge in [-0.25, -0.2) is 0 Å². The first-order valence-corrected chi connectivity index (χ1v) is 7.04. The molecule has 0 unspecified atom stereocenters. The zero-order valence-electron chi connectivity index (χ0n) is 12.7. The van der Waals surface area contributed by atoms with E-state index in [4.69, 9.17) is 5.26 Å². The highest BCUT2D eigenvalue weighted by Gasteiger charge is 2.18. The van der Waals surface area contributed by atoms with Crippen LogP contribution in [0.25, 0.3) is 0 Å². The summed E-state index contributed by atoms with van der Waals surface area (Å²) < 4.78 is 0. The molecular formula is C17H16N4O2. The maximum atomic E-state index is 12.1. The Morgan fingerprint density at radius 3 is 2.70 bits per heavy atom. The molecule has 0 aliphatic heterocycles. The van der Waals surface area contributed by atoms with Gasteiger partial charge < -0.3 is 10.2 Å². The van der Waals surface area contributed by atoms with Crippen LogP contribution < -0.4 is 10.2 Å². The molecule has 1 aromatic heterocycles. The fraction of sp³-hybridized carbons (Fsp3) is 0.176. The molecule has 0 aliphatic rings. The molecule has 6 nitrogen and oxygen atoms in total. The molecule has 0 saturated heterocycles. The van der Waals surface area contributed by atoms with Gasteiger partial charge in [-0.05, 0) is 23.8 Å². The summed E-state index contributed by atoms with van der Waals surface area (Å²) in [5.41, 5.74) is 1.65. The minimum absolute atomic E-state index is 0.145. The third-order valence-corrected chi connectivity index (χ3v) is 3.21. The molecular weight excluding hydrogens is 292 g/mol. The smallest absolute Gasteiger partial charge is 0.240 e. The van der Waals surface area contributed by atoms with E-state index in [-0.39, 0.29) is 18.4 Å². The van der Waals surface area contributed by atoms with Crippen molar-refractivity contribution in [2.75, 3.05) is 11.4 Å². The van der Waals surface area contributed by atoms with Crippen LogP contribution in [0.3, 0.4) is 0 Å². The molecule has 1 heterocycles. The molecule has 6 heteroatoms. The van der Waals surface area contributed by atoms with Gasteiger partial charge in [-0.2, -0.15) is 5.26 Å². The van der Waals surface area contributed by atoms with Crippen LogP contribution >= 0.6 is 0 Å². The summed E-state index contributed by atoms with van der Waals surface area (Å²) in [6.45, 7) is 1.55. The standard InChI is InChI=1S/C17H16N4O2/c1-13(22)21(16-7-3-2-6-15(16)9-18)12-17(23)20-11-14-5-4-8-19-10-14/h2-8,10H,11-12H2,1H3,(H,20,23). The van der Waals surface area contributed by atoms with Crippen LogP contribution in [0, 0.1) is 11.3 Å². The zero-order chi connectivity index (χ0) is 16.7. The number of para-hydroxylation sites is 1. The number of nitrogens with zero attached hydrogens (tertiary/aromatic N) is 3. The molecule has 2 amide bonds. The Balaban J connectivity index is 2.06. The van der Waals surface area contributed by atoms with E-state index in [9.17, 15) is 9.59 Å². The van der Waals surface area contributed by atoms with Gasteiger partial charge >= 0.3 is 0 Å². The Morgan fingerprint density at radius 1 is 1.26 bits per heavy atom. The molecule has 2 aromatic rings. The van der Waals surface area contributed by atoms with E-state index in [1.165, 1.54) is 11.8 Å². The summed E-state index contributed by atoms with van der Waals surface area (Å²) in [5.74, 6) is -0.610. The maximum absolute atomic E-state index is 12.1. The first-order valence-electron chi connectivity index (χ1n) is 7.04. The molecule has 0 spiro atoms. The summed E-state index contributed by atoms with van der Waals surface area (Å²) >= 11 is 0. The summed E-state index contributed by atoms with van der Waals surface area (Å²) in [5, 5.41) is 11.9. The highest BCUT2D eigenvalue weighted by molar-refractivity contribution is 5.98. The van der Waals surface area contributed by atoms with E-state index in [1.807, 2.05) is 12.1 Å². The van der Waals surface area contributed by atoms with Gasteiger partial charge in [-0.3, -0.25) is 14.6 Å². The lowest BCUT2D eigenvalue weighted by molar-refractivity contribution is -0.123. The normalized spacial score (nSPS) is 9.74. The lowest BCUT2D eigenvalue weighted by atomic mass is 10.1. The predicted molar refractivity (Wildman–Crippen MR) is 85.3 cm³/mol. The van der Waals surface area contributed by atoms with E-state index >= 15 is 0 Å². The minimum Gasteiger partial charge on any atom is -0.350 e. The van der Waals surface area contributed by atoms with Crippen LogP contribution in [0.1, 0.15) is 18.1 Å². The van der Waals surface area contributed by atoms with Gasteiger partial charge in [0.2, 0.25) is 11.8 Å². The molecule has 0 radical (unpaired) electrons. The number of pyridine rings is 1. The lowest BCUT2D eigenvalue weighted by Gasteiger charge is -2.21. The van der Waals surface area contributed by atoms with Crippen LogP contribution in [0.5, 0.6) is 0 Å². The van der Waals surface area contributed by atoms with Gasteiger partial charge in [0.05, 0.1) is 11.3 Å². The molecule has 2 rings (SSSR count). The van der Waals surface area contributed by atoms with Gasteiger partial charge in [-0.1, -0.05) is 18.2 Å². The number of amides is 2. The predicted octanol–water partition coefficient (Wildman–Crippen LogP) is 1.62. The number of carbonyl (C=O) groups is 2. The van der Waals surface area contributed by atoms with Crippen molar-refractivity contribution in [1.29, 1.82) is 5.26 Å². The van der Waals surface area contributed by atoms with Gasteiger partial charge in [0, 0.05) is 25.9 Å². The second-order valence-electron chi connectivity index (χ2n) is 4.87. The molecule has 1 aromatic carbocycles. The third kappa shape index (κ3) is 4.38. The molecule has 1 N–H and O–H groups in total. The van der Waals surface area contributed by atoms with Gasteiger partial charge in [-0.15, -0.1) is 0 Å². The van der Waals surface area contributed by atoms with Crippen molar-refractivity contribution >= 4 is 17.5 Å². The van der Waals surface area contributed by atoms with E-state index in [0.717, 1.165) is 5.56 Å². The number of nitrogens with one attached hydrogen (secondary N) is 1. The topological polar surface area (TPSA) is 86.1 Å². The van der Waals surface area contributed by atoms with Crippen molar-refractivity contribution in [3.63, 3.8) is 0 Å². The monoisotopic (exact) mass is 308 g/mol. The first kappa shape index (κ1) is 16.2. The SMILES string of the molecule is CC(=O)N(CC(=O)NCc1cccnc1)c1ccccc1C#N. The average Bonchev–Trinajstić information content (AvgIpc) is 2.58. The van der Waals surface area contributed by atoms with Crippen LogP contribution in [0.4, 0.5) is 5.69 Å². The van der Waals surface area contributed by atoms with Crippen LogP contribution in [-0.2, 0) is 16.1 Å². The second-order valence-corrected chi connectivity index (χ2v) is 4.87. The summed E-state index contributed by atoms with van der Waals surface area (Å²) in [7, 11) is 0. The number of hydrogen-bond donors (Lipinski definition) is 1. The van der Waals surface area contributed by atoms with Crippen molar-refractivity contribution < 1.29 is 9.59 Å². The van der Waals surface area contributed by atoms with Gasteiger partial charge in [0.1, 0.15) is 12.6 Å². The lowest BCUT2D eigenvalue weighted by Crippen LogP contribution is -2.40.